The van der Waals surface area contributed by atoms with E-state index in [0.29, 0.717) is 64.8 Å². The van der Waals surface area contributed by atoms with E-state index in [2.05, 4.69) is 6.07 Å². The van der Waals surface area contributed by atoms with Gasteiger partial charge in [0.15, 0.2) is 0 Å². The SMILES string of the molecule is CC(=O)C1CCN(C(=O)c2ccc(Cl)c(Cc3cc4c(F)cc(C5CC5)cc4n3C)c2Cl)CC1. The van der Waals surface area contributed by atoms with Gasteiger partial charge in [0.05, 0.1) is 16.1 Å². The first-order chi connectivity index (χ1) is 16.2. The van der Waals surface area contributed by atoms with Gasteiger partial charge in [0, 0.05) is 48.6 Å². The second-order valence-electron chi connectivity index (χ2n) is 9.65. The summed E-state index contributed by atoms with van der Waals surface area (Å²) in [4.78, 5) is 26.6. The van der Waals surface area contributed by atoms with Crippen LogP contribution in [0.1, 0.15) is 65.7 Å². The average molecular weight is 501 g/mol. The van der Waals surface area contributed by atoms with Crippen molar-refractivity contribution in [2.45, 2.75) is 44.9 Å². The lowest BCUT2D eigenvalue weighted by Crippen LogP contribution is -2.40. The van der Waals surface area contributed by atoms with E-state index in [9.17, 15) is 14.0 Å². The Kier molecular flexibility index (Phi) is 6.19. The summed E-state index contributed by atoms with van der Waals surface area (Å²) in [6.45, 7) is 2.67. The van der Waals surface area contributed by atoms with Gasteiger partial charge in [-0.25, -0.2) is 4.39 Å². The van der Waals surface area contributed by atoms with Gasteiger partial charge in [-0.2, -0.15) is 0 Å². The lowest BCUT2D eigenvalue weighted by atomic mass is 9.93. The minimum atomic E-state index is -0.212. The first kappa shape index (κ1) is 23.4. The van der Waals surface area contributed by atoms with E-state index < -0.39 is 0 Å². The number of rotatable bonds is 5. The number of hydrogen-bond donors (Lipinski definition) is 0. The Hall–Kier alpha value is -2.37. The Morgan fingerprint density at radius 1 is 1.06 bits per heavy atom. The minimum absolute atomic E-state index is 0.0209. The van der Waals surface area contributed by atoms with E-state index in [1.165, 1.54) is 0 Å². The van der Waals surface area contributed by atoms with Crippen molar-refractivity contribution in [3.05, 3.63) is 68.6 Å². The number of piperidine rings is 1. The third kappa shape index (κ3) is 4.25. The minimum Gasteiger partial charge on any atom is -0.347 e. The largest absolute Gasteiger partial charge is 0.347 e. The van der Waals surface area contributed by atoms with E-state index in [-0.39, 0.29) is 23.4 Å². The monoisotopic (exact) mass is 500 g/mol. The molecule has 2 heterocycles. The van der Waals surface area contributed by atoms with Crippen LogP contribution < -0.4 is 0 Å². The molecule has 2 aliphatic rings. The third-order valence-corrected chi connectivity index (χ3v) is 8.20. The quantitative estimate of drug-likeness (QED) is 0.399. The molecule has 1 aliphatic carbocycles. The van der Waals surface area contributed by atoms with E-state index in [1.807, 2.05) is 17.7 Å². The summed E-state index contributed by atoms with van der Waals surface area (Å²) in [5, 5.41) is 1.38. The van der Waals surface area contributed by atoms with Gasteiger partial charge in [0.2, 0.25) is 0 Å². The smallest absolute Gasteiger partial charge is 0.255 e. The normalized spacial score (nSPS) is 16.9. The number of benzene rings is 2. The molecule has 5 rings (SSSR count). The zero-order valence-electron chi connectivity index (χ0n) is 19.3. The Balaban J connectivity index is 1.44. The molecule has 1 amide bonds. The maximum atomic E-state index is 14.8. The molecule has 0 unspecified atom stereocenters. The second kappa shape index (κ2) is 9.01. The second-order valence-corrected chi connectivity index (χ2v) is 10.4. The molecule has 7 heteroatoms. The van der Waals surface area contributed by atoms with Gasteiger partial charge >= 0.3 is 0 Å². The topological polar surface area (TPSA) is 42.3 Å². The van der Waals surface area contributed by atoms with E-state index in [4.69, 9.17) is 23.2 Å². The van der Waals surface area contributed by atoms with Gasteiger partial charge in [-0.1, -0.05) is 23.2 Å². The van der Waals surface area contributed by atoms with Gasteiger partial charge in [-0.15, -0.1) is 0 Å². The number of likely N-dealkylation sites (tertiary alicyclic amines) is 1. The highest BCUT2D eigenvalue weighted by molar-refractivity contribution is 6.38. The molecule has 34 heavy (non-hydrogen) atoms. The number of aryl methyl sites for hydroxylation is 1. The lowest BCUT2D eigenvalue weighted by molar-refractivity contribution is -0.121. The lowest BCUT2D eigenvalue weighted by Gasteiger charge is -2.31. The Morgan fingerprint density at radius 3 is 2.41 bits per heavy atom. The summed E-state index contributed by atoms with van der Waals surface area (Å²) < 4.78 is 16.8. The predicted octanol–water partition coefficient (Wildman–Crippen LogP) is 6.53. The highest BCUT2D eigenvalue weighted by Crippen LogP contribution is 2.42. The predicted molar refractivity (Wildman–Crippen MR) is 133 cm³/mol. The molecule has 2 fully saturated rings. The summed E-state index contributed by atoms with van der Waals surface area (Å²) in [6, 6.07) is 8.93. The number of amides is 1. The molecule has 0 atom stereocenters. The average Bonchev–Trinajstić information content (AvgIpc) is 3.62. The Bertz CT molecular complexity index is 1300. The summed E-state index contributed by atoms with van der Waals surface area (Å²) in [5.74, 6) is 0.296. The van der Waals surface area contributed by atoms with Crippen LogP contribution in [-0.2, 0) is 18.3 Å². The molecule has 3 aromatic rings. The molecule has 1 aliphatic heterocycles. The summed E-state index contributed by atoms with van der Waals surface area (Å²) in [5.41, 5.74) is 3.84. The first-order valence-electron chi connectivity index (χ1n) is 11.8. The van der Waals surface area contributed by atoms with Crippen LogP contribution in [-0.4, -0.2) is 34.2 Å². The maximum absolute atomic E-state index is 14.8. The van der Waals surface area contributed by atoms with Crippen molar-refractivity contribution in [2.75, 3.05) is 13.1 Å². The number of aromatic nitrogens is 1. The molecular weight excluding hydrogens is 474 g/mol. The van der Waals surface area contributed by atoms with E-state index in [1.54, 1.807) is 30.0 Å². The Morgan fingerprint density at radius 2 is 1.76 bits per heavy atom. The number of hydrogen-bond acceptors (Lipinski definition) is 2. The highest BCUT2D eigenvalue weighted by atomic mass is 35.5. The number of ketones is 1. The van der Waals surface area contributed by atoms with Crippen molar-refractivity contribution in [1.82, 2.24) is 9.47 Å². The van der Waals surface area contributed by atoms with Crippen molar-refractivity contribution in [3.8, 4) is 0 Å². The van der Waals surface area contributed by atoms with Gasteiger partial charge in [0.25, 0.3) is 5.91 Å². The van der Waals surface area contributed by atoms with Gasteiger partial charge in [-0.3, -0.25) is 9.59 Å². The Labute approximate surface area is 208 Å². The van der Waals surface area contributed by atoms with E-state index >= 15 is 0 Å². The summed E-state index contributed by atoms with van der Waals surface area (Å²) in [6.07, 6.45) is 3.95. The fraction of sp³-hybridized carbons (Fsp3) is 0.407. The summed E-state index contributed by atoms with van der Waals surface area (Å²) >= 11 is 13.3. The van der Waals surface area contributed by atoms with Crippen LogP contribution in [0.3, 0.4) is 0 Å². The zero-order chi connectivity index (χ0) is 24.1. The van der Waals surface area contributed by atoms with Crippen molar-refractivity contribution in [3.63, 3.8) is 0 Å². The maximum Gasteiger partial charge on any atom is 0.255 e. The molecule has 178 valence electrons. The van der Waals surface area contributed by atoms with Crippen molar-refractivity contribution < 1.29 is 14.0 Å². The molecule has 0 radical (unpaired) electrons. The van der Waals surface area contributed by atoms with Gasteiger partial charge in [0.1, 0.15) is 11.6 Å². The van der Waals surface area contributed by atoms with E-state index in [0.717, 1.165) is 29.6 Å². The van der Waals surface area contributed by atoms with Crippen molar-refractivity contribution in [2.24, 2.45) is 13.0 Å². The van der Waals surface area contributed by atoms with Crippen LogP contribution >= 0.6 is 23.2 Å². The fourth-order valence-corrected chi connectivity index (χ4v) is 5.63. The number of carbonyl (C=O) groups is 2. The van der Waals surface area contributed by atoms with Crippen LogP contribution in [0.15, 0.2) is 30.3 Å². The first-order valence-corrected chi connectivity index (χ1v) is 12.5. The molecule has 1 aromatic heterocycles. The van der Waals surface area contributed by atoms with Crippen LogP contribution in [0.25, 0.3) is 10.9 Å². The molecule has 0 bridgehead atoms. The number of halogens is 3. The zero-order valence-corrected chi connectivity index (χ0v) is 20.8. The molecule has 0 spiro atoms. The third-order valence-electron chi connectivity index (χ3n) is 7.41. The molecule has 1 saturated carbocycles. The molecule has 0 N–H and O–H groups in total. The van der Waals surface area contributed by atoms with Crippen LogP contribution in [0, 0.1) is 11.7 Å². The molecule has 1 saturated heterocycles. The van der Waals surface area contributed by atoms with Gasteiger partial charge in [-0.05, 0) is 80.0 Å². The fourth-order valence-electron chi connectivity index (χ4n) is 5.05. The molecular formula is C27H27Cl2FN2O2. The standard InChI is InChI=1S/C27H27Cl2FN2O2/c1-15(33)16-7-9-32(10-8-16)27(34)20-5-6-23(28)21(26(20)29)13-19-14-22-24(30)11-18(17-3-4-17)12-25(22)31(19)2/h5-6,11-12,14,16-17H,3-4,7-10,13H2,1-2H3. The van der Waals surface area contributed by atoms with Crippen molar-refractivity contribution >= 4 is 45.8 Å². The van der Waals surface area contributed by atoms with Crippen LogP contribution in [0.4, 0.5) is 4.39 Å². The molecule has 4 nitrogen and oxygen atoms in total. The van der Waals surface area contributed by atoms with Crippen LogP contribution in [0.5, 0.6) is 0 Å². The highest BCUT2D eigenvalue weighted by Gasteiger charge is 2.28. The number of Topliss-reactive ketones (excluding diaryl/α,β-unsaturated/α-hetero) is 1. The molecule has 2 aromatic carbocycles. The number of nitrogens with zero attached hydrogens (tertiary/aromatic N) is 2. The summed E-state index contributed by atoms with van der Waals surface area (Å²) in [7, 11) is 1.92. The number of carbonyl (C=O) groups excluding carboxylic acids is 2. The van der Waals surface area contributed by atoms with Crippen LogP contribution in [0.2, 0.25) is 10.0 Å². The number of fused-ring (bicyclic) bond motifs is 1. The van der Waals surface area contributed by atoms with Crippen molar-refractivity contribution in [1.29, 1.82) is 0 Å². The van der Waals surface area contributed by atoms with Gasteiger partial charge < -0.3 is 9.47 Å².